The van der Waals surface area contributed by atoms with E-state index in [2.05, 4.69) is 46.4 Å². The molecule has 0 spiro atoms. The molecule has 2 aromatic heterocycles. The van der Waals surface area contributed by atoms with E-state index in [1.54, 1.807) is 6.20 Å². The second-order valence-electron chi connectivity index (χ2n) is 6.60. The number of rotatable bonds is 7. The van der Waals surface area contributed by atoms with E-state index >= 15 is 0 Å². The van der Waals surface area contributed by atoms with Crippen LogP contribution in [0, 0.1) is 0 Å². The Morgan fingerprint density at radius 2 is 1.62 bits per heavy atom. The molecule has 0 fully saturated rings. The molecule has 5 nitrogen and oxygen atoms in total. The van der Waals surface area contributed by atoms with Gasteiger partial charge in [0.05, 0.1) is 5.69 Å². The van der Waals surface area contributed by atoms with E-state index in [4.69, 9.17) is 9.97 Å². The number of hydrogen-bond donors (Lipinski definition) is 1. The molecule has 0 atom stereocenters. The molecule has 4 aromatic rings. The smallest absolute Gasteiger partial charge is 0.232 e. The summed E-state index contributed by atoms with van der Waals surface area (Å²) in [6, 6.07) is 26.4. The van der Waals surface area contributed by atoms with Crippen molar-refractivity contribution >= 4 is 17.5 Å². The molecule has 0 saturated heterocycles. The number of anilines is 3. The lowest BCUT2D eigenvalue weighted by atomic mass is 10.1. The molecular weight excluding hydrogens is 358 g/mol. The number of nitrogens with one attached hydrogen (secondary N) is 1. The van der Waals surface area contributed by atoms with Crippen LogP contribution in [0.1, 0.15) is 12.5 Å². The van der Waals surface area contributed by atoms with Crippen molar-refractivity contribution in [2.24, 2.45) is 0 Å². The Hall–Kier alpha value is -3.73. The number of aromatic nitrogens is 3. The number of nitrogens with zero attached hydrogens (tertiary/aromatic N) is 4. The summed E-state index contributed by atoms with van der Waals surface area (Å²) in [6.07, 6.45) is 3.63. The highest BCUT2D eigenvalue weighted by Crippen LogP contribution is 2.27. The summed E-state index contributed by atoms with van der Waals surface area (Å²) in [4.78, 5) is 16.0. The van der Waals surface area contributed by atoms with E-state index < -0.39 is 0 Å². The molecule has 0 aliphatic rings. The van der Waals surface area contributed by atoms with Gasteiger partial charge in [-0.2, -0.15) is 4.98 Å². The Kier molecular flexibility index (Phi) is 5.76. The number of hydrogen-bond acceptors (Lipinski definition) is 5. The number of para-hydroxylation sites is 1. The predicted molar refractivity (Wildman–Crippen MR) is 118 cm³/mol. The van der Waals surface area contributed by atoms with E-state index in [0.29, 0.717) is 12.5 Å². The summed E-state index contributed by atoms with van der Waals surface area (Å²) in [5.41, 5.74) is 4.12. The molecule has 0 aliphatic heterocycles. The summed E-state index contributed by atoms with van der Waals surface area (Å²) in [5.74, 6) is 1.46. The maximum Gasteiger partial charge on any atom is 0.232 e. The second kappa shape index (κ2) is 8.97. The average Bonchev–Trinajstić information content (AvgIpc) is 2.80. The zero-order chi connectivity index (χ0) is 19.9. The summed E-state index contributed by atoms with van der Waals surface area (Å²) in [6.45, 7) is 3.52. The van der Waals surface area contributed by atoms with E-state index in [0.717, 1.165) is 34.9 Å². The zero-order valence-electron chi connectivity index (χ0n) is 16.4. The van der Waals surface area contributed by atoms with Crippen LogP contribution in [0.3, 0.4) is 0 Å². The fraction of sp³-hybridized carbons (Fsp3) is 0.125. The molecule has 2 aromatic carbocycles. The van der Waals surface area contributed by atoms with E-state index in [1.807, 2.05) is 60.8 Å². The van der Waals surface area contributed by atoms with E-state index in [9.17, 15) is 0 Å². The monoisotopic (exact) mass is 381 g/mol. The van der Waals surface area contributed by atoms with Crippen molar-refractivity contribution < 1.29 is 0 Å². The normalized spacial score (nSPS) is 10.5. The van der Waals surface area contributed by atoms with Crippen molar-refractivity contribution in [1.82, 2.24) is 15.0 Å². The Morgan fingerprint density at radius 1 is 0.862 bits per heavy atom. The van der Waals surface area contributed by atoms with Crippen LogP contribution in [0.15, 0.2) is 91.3 Å². The molecule has 0 unspecified atom stereocenters. The zero-order valence-corrected chi connectivity index (χ0v) is 16.4. The first-order chi connectivity index (χ1) is 14.3. The van der Waals surface area contributed by atoms with Gasteiger partial charge in [-0.05, 0) is 30.7 Å². The molecular formula is C24H23N5. The lowest BCUT2D eigenvalue weighted by molar-refractivity contribution is 0.944. The third-order valence-electron chi connectivity index (χ3n) is 4.61. The number of pyridine rings is 1. The predicted octanol–water partition coefficient (Wildman–Crippen LogP) is 5.31. The topological polar surface area (TPSA) is 53.9 Å². The van der Waals surface area contributed by atoms with Crippen molar-refractivity contribution in [1.29, 1.82) is 0 Å². The van der Waals surface area contributed by atoms with Crippen LogP contribution in [-0.4, -0.2) is 21.5 Å². The maximum atomic E-state index is 4.87. The quantitative estimate of drug-likeness (QED) is 0.470. The molecule has 2 heterocycles. The first-order valence-corrected chi connectivity index (χ1v) is 9.73. The highest BCUT2D eigenvalue weighted by Gasteiger charge is 2.14. The summed E-state index contributed by atoms with van der Waals surface area (Å²) < 4.78 is 0. The summed E-state index contributed by atoms with van der Waals surface area (Å²) >= 11 is 0. The molecule has 4 rings (SSSR count). The van der Waals surface area contributed by atoms with Crippen LogP contribution in [0.25, 0.3) is 11.3 Å². The minimum absolute atomic E-state index is 0.649. The van der Waals surface area contributed by atoms with Gasteiger partial charge >= 0.3 is 0 Å². The lowest BCUT2D eigenvalue weighted by Crippen LogP contribution is -2.19. The van der Waals surface area contributed by atoms with Gasteiger partial charge < -0.3 is 10.2 Å². The van der Waals surface area contributed by atoms with Crippen molar-refractivity contribution in [3.05, 3.63) is 96.8 Å². The third-order valence-corrected chi connectivity index (χ3v) is 4.61. The minimum atomic E-state index is 0.649. The van der Waals surface area contributed by atoms with Crippen molar-refractivity contribution in [2.75, 3.05) is 16.8 Å². The fourth-order valence-electron chi connectivity index (χ4n) is 3.15. The fourth-order valence-corrected chi connectivity index (χ4v) is 3.15. The van der Waals surface area contributed by atoms with Gasteiger partial charge in [0.25, 0.3) is 0 Å². The Balaban J connectivity index is 1.71. The molecule has 0 aliphatic carbocycles. The Labute approximate surface area is 171 Å². The van der Waals surface area contributed by atoms with E-state index in [-0.39, 0.29) is 0 Å². The van der Waals surface area contributed by atoms with Gasteiger partial charge in [0, 0.05) is 42.8 Å². The van der Waals surface area contributed by atoms with E-state index in [1.165, 1.54) is 0 Å². The Morgan fingerprint density at radius 3 is 2.31 bits per heavy atom. The average molecular weight is 381 g/mol. The van der Waals surface area contributed by atoms with Crippen LogP contribution < -0.4 is 10.2 Å². The molecule has 0 saturated carbocycles. The third kappa shape index (κ3) is 4.58. The van der Waals surface area contributed by atoms with Crippen LogP contribution >= 0.6 is 0 Å². The van der Waals surface area contributed by atoms with Gasteiger partial charge in [0.15, 0.2) is 0 Å². The van der Waals surface area contributed by atoms with Crippen LogP contribution in [-0.2, 0) is 6.54 Å². The molecule has 0 amide bonds. The van der Waals surface area contributed by atoms with Gasteiger partial charge in [-0.15, -0.1) is 0 Å². The van der Waals surface area contributed by atoms with Gasteiger partial charge in [-0.3, -0.25) is 4.98 Å². The van der Waals surface area contributed by atoms with Crippen molar-refractivity contribution in [2.45, 2.75) is 13.5 Å². The lowest BCUT2D eigenvalue weighted by Gasteiger charge is -2.22. The molecule has 5 heteroatoms. The maximum absolute atomic E-state index is 4.87. The largest absolute Gasteiger partial charge is 0.366 e. The molecule has 29 heavy (non-hydrogen) atoms. The highest BCUT2D eigenvalue weighted by atomic mass is 15.3. The van der Waals surface area contributed by atoms with Gasteiger partial charge in [0.1, 0.15) is 5.82 Å². The molecule has 144 valence electrons. The SMILES string of the molecule is CCN(c1ccccc1)c1nc(NCc2cccnc2)cc(-c2ccccc2)n1. The van der Waals surface area contributed by atoms with Crippen molar-refractivity contribution in [3.8, 4) is 11.3 Å². The molecule has 0 bridgehead atoms. The van der Waals surface area contributed by atoms with Crippen molar-refractivity contribution in [3.63, 3.8) is 0 Å². The standard InChI is InChI=1S/C24H23N5/c1-2-29(21-13-7-4-8-14-21)24-27-22(20-11-5-3-6-12-20)16-23(28-24)26-18-19-10-9-15-25-17-19/h3-17H,2,18H2,1H3,(H,26,27,28). The minimum Gasteiger partial charge on any atom is -0.366 e. The van der Waals surface area contributed by atoms with Crippen LogP contribution in [0.4, 0.5) is 17.5 Å². The number of benzene rings is 2. The van der Waals surface area contributed by atoms with Gasteiger partial charge in [0.2, 0.25) is 5.95 Å². The van der Waals surface area contributed by atoms with Crippen LogP contribution in [0.2, 0.25) is 0 Å². The Bertz CT molecular complexity index is 1040. The highest BCUT2D eigenvalue weighted by molar-refractivity contribution is 5.67. The second-order valence-corrected chi connectivity index (χ2v) is 6.60. The van der Waals surface area contributed by atoms with Gasteiger partial charge in [-0.1, -0.05) is 54.6 Å². The first-order valence-electron chi connectivity index (χ1n) is 9.73. The first kappa shape index (κ1) is 18.6. The summed E-state index contributed by atoms with van der Waals surface area (Å²) in [5, 5.41) is 3.42. The summed E-state index contributed by atoms with van der Waals surface area (Å²) in [7, 11) is 0. The van der Waals surface area contributed by atoms with Crippen LogP contribution in [0.5, 0.6) is 0 Å². The molecule has 0 radical (unpaired) electrons. The van der Waals surface area contributed by atoms with Gasteiger partial charge in [-0.25, -0.2) is 4.98 Å². The molecule has 1 N–H and O–H groups in total.